The Kier molecular flexibility index (Phi) is 4.54. The molecular weight excluding hydrogens is 140 g/mol. The average Bonchev–Trinajstić information content (AvgIpc) is 1.99. The third-order valence-electron chi connectivity index (χ3n) is 1.45. The van der Waals surface area contributed by atoms with E-state index in [4.69, 9.17) is 0 Å². The topological polar surface area (TPSA) is 41.1 Å². The van der Waals surface area contributed by atoms with Gasteiger partial charge in [-0.2, -0.15) is 0 Å². The number of hydrogen-bond acceptors (Lipinski definition) is 2. The van der Waals surface area contributed by atoms with Gasteiger partial charge in [0.15, 0.2) is 0 Å². The number of rotatable bonds is 4. The summed E-state index contributed by atoms with van der Waals surface area (Å²) in [5.74, 6) is -0.0768. The molecule has 0 aliphatic rings. The molecule has 0 aromatic rings. The van der Waals surface area contributed by atoms with E-state index in [1.165, 1.54) is 0 Å². The second kappa shape index (κ2) is 4.91. The minimum Gasteiger partial charge on any atom is -0.351 e. The van der Waals surface area contributed by atoms with Crippen molar-refractivity contribution in [1.29, 1.82) is 0 Å². The van der Waals surface area contributed by atoms with Crippen LogP contribution in [-0.4, -0.2) is 25.5 Å². The maximum atomic E-state index is 10.9. The number of hydrogen-bond donors (Lipinski definition) is 2. The molecule has 0 aliphatic heterocycles. The number of amides is 1. The number of carbonyl (C=O) groups excluding carboxylic acids is 1. The zero-order chi connectivity index (χ0) is 8.85. The molecule has 11 heavy (non-hydrogen) atoms. The van der Waals surface area contributed by atoms with Crippen molar-refractivity contribution in [2.75, 3.05) is 13.6 Å². The Morgan fingerprint density at radius 3 is 2.55 bits per heavy atom. The molecule has 3 nitrogen and oxygen atoms in total. The molecule has 0 aromatic heterocycles. The van der Waals surface area contributed by atoms with Gasteiger partial charge in [0.05, 0.1) is 0 Å². The summed E-state index contributed by atoms with van der Waals surface area (Å²) in [6.45, 7) is 7.86. The van der Waals surface area contributed by atoms with E-state index >= 15 is 0 Å². The molecule has 3 heteroatoms. The summed E-state index contributed by atoms with van der Waals surface area (Å²) < 4.78 is 0. The van der Waals surface area contributed by atoms with Crippen LogP contribution in [0.3, 0.4) is 0 Å². The molecule has 0 aliphatic carbocycles. The summed E-state index contributed by atoms with van der Waals surface area (Å²) in [5, 5.41) is 5.75. The van der Waals surface area contributed by atoms with Gasteiger partial charge in [-0.15, -0.1) is 0 Å². The third-order valence-corrected chi connectivity index (χ3v) is 1.45. The quantitative estimate of drug-likeness (QED) is 0.574. The van der Waals surface area contributed by atoms with Crippen molar-refractivity contribution in [2.45, 2.75) is 19.9 Å². The molecule has 0 rings (SSSR count). The monoisotopic (exact) mass is 156 g/mol. The lowest BCUT2D eigenvalue weighted by Gasteiger charge is -2.10. The first kappa shape index (κ1) is 10.2. The lowest BCUT2D eigenvalue weighted by Crippen LogP contribution is -2.37. The highest BCUT2D eigenvalue weighted by atomic mass is 16.1. The van der Waals surface area contributed by atoms with Crippen LogP contribution in [0, 0.1) is 0 Å². The van der Waals surface area contributed by atoms with Crippen molar-refractivity contribution < 1.29 is 4.79 Å². The van der Waals surface area contributed by atoms with E-state index in [-0.39, 0.29) is 5.91 Å². The van der Waals surface area contributed by atoms with Gasteiger partial charge in [0.25, 0.3) is 0 Å². The molecule has 0 spiro atoms. The Labute approximate surface area is 67.9 Å². The molecule has 0 saturated heterocycles. The van der Waals surface area contributed by atoms with Crippen LogP contribution in [0.25, 0.3) is 0 Å². The summed E-state index contributed by atoms with van der Waals surface area (Å²) >= 11 is 0. The predicted octanol–water partition coefficient (Wildman–Crippen LogP) is 0.287. The smallest absolute Gasteiger partial charge is 0.246 e. The van der Waals surface area contributed by atoms with E-state index in [0.717, 1.165) is 0 Å². The summed E-state index contributed by atoms with van der Waals surface area (Å²) in [6, 6.07) is 0.304. The highest BCUT2D eigenvalue weighted by molar-refractivity contribution is 5.92. The largest absolute Gasteiger partial charge is 0.351 e. The number of likely N-dealkylation sites (N-methyl/N-ethyl adjacent to an activating group) is 1. The first-order chi connectivity index (χ1) is 5.07. The van der Waals surface area contributed by atoms with E-state index < -0.39 is 0 Å². The van der Waals surface area contributed by atoms with E-state index in [0.29, 0.717) is 18.2 Å². The van der Waals surface area contributed by atoms with Crippen LogP contribution in [0.4, 0.5) is 0 Å². The Balaban J connectivity index is 3.54. The molecule has 0 bridgehead atoms. The molecule has 0 radical (unpaired) electrons. The Hall–Kier alpha value is -0.830. The standard InChI is InChI=1S/C8H16N2O/c1-6(2)8(11)10-5-7(3)9-4/h7,9H,1,5H2,2-4H3,(H,10,11). The van der Waals surface area contributed by atoms with Crippen molar-refractivity contribution in [3.63, 3.8) is 0 Å². The highest BCUT2D eigenvalue weighted by Crippen LogP contribution is 1.85. The zero-order valence-corrected chi connectivity index (χ0v) is 7.40. The van der Waals surface area contributed by atoms with Gasteiger partial charge in [0, 0.05) is 18.2 Å². The summed E-state index contributed by atoms with van der Waals surface area (Å²) in [6.07, 6.45) is 0. The molecule has 0 heterocycles. The van der Waals surface area contributed by atoms with Crippen molar-refractivity contribution in [3.8, 4) is 0 Å². The van der Waals surface area contributed by atoms with Gasteiger partial charge >= 0.3 is 0 Å². The van der Waals surface area contributed by atoms with Gasteiger partial charge in [-0.1, -0.05) is 6.58 Å². The second-order valence-electron chi connectivity index (χ2n) is 2.68. The van der Waals surface area contributed by atoms with Crippen LogP contribution < -0.4 is 10.6 Å². The zero-order valence-electron chi connectivity index (χ0n) is 7.40. The molecular formula is C8H16N2O. The van der Waals surface area contributed by atoms with Gasteiger partial charge in [-0.05, 0) is 20.9 Å². The van der Waals surface area contributed by atoms with E-state index in [1.807, 2.05) is 14.0 Å². The first-order valence-electron chi connectivity index (χ1n) is 3.69. The Morgan fingerprint density at radius 1 is 1.64 bits per heavy atom. The average molecular weight is 156 g/mol. The summed E-state index contributed by atoms with van der Waals surface area (Å²) in [5.41, 5.74) is 0.549. The van der Waals surface area contributed by atoms with Crippen LogP contribution in [0.5, 0.6) is 0 Å². The fourth-order valence-electron chi connectivity index (χ4n) is 0.499. The molecule has 0 fully saturated rings. The molecule has 1 atom stereocenters. The molecule has 1 unspecified atom stereocenters. The Bertz CT molecular complexity index is 154. The van der Waals surface area contributed by atoms with Gasteiger partial charge in [0.2, 0.25) is 5.91 Å². The van der Waals surface area contributed by atoms with E-state index in [9.17, 15) is 4.79 Å². The predicted molar refractivity (Wildman–Crippen MR) is 46.3 cm³/mol. The maximum absolute atomic E-state index is 10.9. The van der Waals surface area contributed by atoms with Gasteiger partial charge < -0.3 is 10.6 Å². The number of carbonyl (C=O) groups is 1. The van der Waals surface area contributed by atoms with Gasteiger partial charge in [-0.3, -0.25) is 4.79 Å². The molecule has 1 amide bonds. The maximum Gasteiger partial charge on any atom is 0.246 e. The van der Waals surface area contributed by atoms with Crippen LogP contribution in [0.15, 0.2) is 12.2 Å². The van der Waals surface area contributed by atoms with Crippen molar-refractivity contribution in [2.24, 2.45) is 0 Å². The van der Waals surface area contributed by atoms with E-state index in [2.05, 4.69) is 17.2 Å². The normalized spacial score (nSPS) is 12.3. The molecule has 64 valence electrons. The SMILES string of the molecule is C=C(C)C(=O)NCC(C)NC. The first-order valence-corrected chi connectivity index (χ1v) is 3.69. The summed E-state index contributed by atoms with van der Waals surface area (Å²) in [4.78, 5) is 10.9. The Morgan fingerprint density at radius 2 is 2.18 bits per heavy atom. The fraction of sp³-hybridized carbons (Fsp3) is 0.625. The fourth-order valence-corrected chi connectivity index (χ4v) is 0.499. The van der Waals surface area contributed by atoms with Crippen LogP contribution in [0.1, 0.15) is 13.8 Å². The minimum absolute atomic E-state index is 0.0768. The van der Waals surface area contributed by atoms with Crippen LogP contribution in [-0.2, 0) is 4.79 Å². The third kappa shape index (κ3) is 4.56. The van der Waals surface area contributed by atoms with Crippen molar-refractivity contribution in [1.82, 2.24) is 10.6 Å². The molecule has 2 N–H and O–H groups in total. The minimum atomic E-state index is -0.0768. The van der Waals surface area contributed by atoms with Gasteiger partial charge in [0.1, 0.15) is 0 Å². The molecule has 0 aromatic carbocycles. The van der Waals surface area contributed by atoms with Crippen LogP contribution >= 0.6 is 0 Å². The highest BCUT2D eigenvalue weighted by Gasteiger charge is 2.02. The van der Waals surface area contributed by atoms with Crippen molar-refractivity contribution >= 4 is 5.91 Å². The second-order valence-corrected chi connectivity index (χ2v) is 2.68. The van der Waals surface area contributed by atoms with E-state index in [1.54, 1.807) is 6.92 Å². The molecule has 0 saturated carbocycles. The number of nitrogens with one attached hydrogen (secondary N) is 2. The summed E-state index contributed by atoms with van der Waals surface area (Å²) in [7, 11) is 1.86. The van der Waals surface area contributed by atoms with Gasteiger partial charge in [-0.25, -0.2) is 0 Å². The van der Waals surface area contributed by atoms with Crippen molar-refractivity contribution in [3.05, 3.63) is 12.2 Å². The lowest BCUT2D eigenvalue weighted by molar-refractivity contribution is -0.117. The van der Waals surface area contributed by atoms with Crippen LogP contribution in [0.2, 0.25) is 0 Å². The lowest BCUT2D eigenvalue weighted by atomic mass is 10.3.